The van der Waals surface area contributed by atoms with Crippen LogP contribution in [0.15, 0.2) is 59.6 Å². The average molecular weight is 379 g/mol. The molecule has 5 nitrogen and oxygen atoms in total. The first-order chi connectivity index (χ1) is 12.9. The Hall–Kier alpha value is -2.86. The summed E-state index contributed by atoms with van der Waals surface area (Å²) in [7, 11) is 3.39. The fourth-order valence-corrected chi connectivity index (χ4v) is 3.49. The number of rotatable bonds is 5. The van der Waals surface area contributed by atoms with Gasteiger partial charge in [0.25, 0.3) is 5.91 Å². The van der Waals surface area contributed by atoms with Crippen molar-refractivity contribution in [3.05, 3.63) is 65.7 Å². The number of benzene rings is 2. The first-order valence-corrected chi connectivity index (χ1v) is 9.53. The van der Waals surface area contributed by atoms with Gasteiger partial charge in [-0.25, -0.2) is 4.98 Å². The van der Waals surface area contributed by atoms with Gasteiger partial charge in [0.1, 0.15) is 0 Å². The van der Waals surface area contributed by atoms with E-state index in [9.17, 15) is 9.59 Å². The first kappa shape index (κ1) is 18.9. The number of fused-ring (bicyclic) bond motifs is 1. The maximum atomic E-state index is 12.3. The van der Waals surface area contributed by atoms with Gasteiger partial charge in [-0.05, 0) is 42.8 Å². The van der Waals surface area contributed by atoms with Gasteiger partial charge in [-0.1, -0.05) is 36.0 Å². The number of hydrogen-bond donors (Lipinski definition) is 1. The van der Waals surface area contributed by atoms with Crippen LogP contribution in [0.2, 0.25) is 0 Å². The lowest BCUT2D eigenvalue weighted by Gasteiger charge is -2.11. The van der Waals surface area contributed by atoms with E-state index in [2.05, 4.69) is 10.3 Å². The van der Waals surface area contributed by atoms with Crippen molar-refractivity contribution in [1.82, 2.24) is 9.88 Å². The molecule has 27 heavy (non-hydrogen) atoms. The molecule has 0 bridgehead atoms. The number of amides is 2. The lowest BCUT2D eigenvalue weighted by atomic mass is 10.1. The Labute approximate surface area is 162 Å². The number of aryl methyl sites for hydroxylation is 1. The quantitative estimate of drug-likeness (QED) is 0.681. The van der Waals surface area contributed by atoms with Crippen molar-refractivity contribution in [2.75, 3.05) is 25.2 Å². The van der Waals surface area contributed by atoms with Crippen LogP contribution in [0.1, 0.15) is 15.9 Å². The molecule has 0 aliphatic carbocycles. The molecule has 138 valence electrons. The van der Waals surface area contributed by atoms with E-state index in [1.54, 1.807) is 38.4 Å². The molecule has 3 aromatic rings. The molecule has 1 heterocycles. The maximum absolute atomic E-state index is 12.3. The van der Waals surface area contributed by atoms with Gasteiger partial charge < -0.3 is 10.2 Å². The molecule has 2 aromatic carbocycles. The molecule has 2 amide bonds. The van der Waals surface area contributed by atoms with Crippen LogP contribution >= 0.6 is 11.8 Å². The second-order valence-corrected chi connectivity index (χ2v) is 7.41. The van der Waals surface area contributed by atoms with Crippen molar-refractivity contribution in [2.24, 2.45) is 0 Å². The Morgan fingerprint density at radius 1 is 1.07 bits per heavy atom. The topological polar surface area (TPSA) is 62.3 Å². The smallest absolute Gasteiger partial charge is 0.253 e. The van der Waals surface area contributed by atoms with E-state index >= 15 is 0 Å². The lowest BCUT2D eigenvalue weighted by molar-refractivity contribution is -0.113. The molecule has 1 aromatic heterocycles. The molecule has 0 radical (unpaired) electrons. The van der Waals surface area contributed by atoms with Gasteiger partial charge in [0, 0.05) is 30.7 Å². The summed E-state index contributed by atoms with van der Waals surface area (Å²) in [5.41, 5.74) is 3.21. The Morgan fingerprint density at radius 2 is 1.85 bits per heavy atom. The molecular weight excluding hydrogens is 358 g/mol. The van der Waals surface area contributed by atoms with Crippen molar-refractivity contribution in [2.45, 2.75) is 11.9 Å². The average Bonchev–Trinajstić information content (AvgIpc) is 2.66. The highest BCUT2D eigenvalue weighted by Gasteiger charge is 2.10. The predicted molar refractivity (Wildman–Crippen MR) is 110 cm³/mol. The number of anilines is 1. The second kappa shape index (κ2) is 8.22. The third kappa shape index (κ3) is 4.65. The third-order valence-electron chi connectivity index (χ3n) is 4.05. The molecule has 0 aliphatic rings. The van der Waals surface area contributed by atoms with E-state index in [0.29, 0.717) is 11.3 Å². The molecule has 0 atom stereocenters. The summed E-state index contributed by atoms with van der Waals surface area (Å²) < 4.78 is 0. The molecule has 6 heteroatoms. The fraction of sp³-hybridized carbons (Fsp3) is 0.190. The van der Waals surface area contributed by atoms with Crippen molar-refractivity contribution in [1.29, 1.82) is 0 Å². The zero-order valence-electron chi connectivity index (χ0n) is 15.5. The molecule has 1 N–H and O–H groups in total. The SMILES string of the molecule is Cc1cc(SCC(=O)Nc2cccc(C(=O)N(C)C)c2)nc2ccccc12. The maximum Gasteiger partial charge on any atom is 0.253 e. The van der Waals surface area contributed by atoms with Gasteiger partial charge in [-0.3, -0.25) is 9.59 Å². The number of thioether (sulfide) groups is 1. The van der Waals surface area contributed by atoms with Gasteiger partial charge in [0.2, 0.25) is 5.91 Å². The zero-order chi connectivity index (χ0) is 19.4. The van der Waals surface area contributed by atoms with Crippen LogP contribution in [0, 0.1) is 6.92 Å². The van der Waals surface area contributed by atoms with Gasteiger partial charge in [-0.2, -0.15) is 0 Å². The van der Waals surface area contributed by atoms with Gasteiger partial charge in [0.05, 0.1) is 16.3 Å². The van der Waals surface area contributed by atoms with E-state index in [0.717, 1.165) is 21.5 Å². The summed E-state index contributed by atoms with van der Waals surface area (Å²) >= 11 is 1.39. The number of aromatic nitrogens is 1. The number of carbonyl (C=O) groups is 2. The standard InChI is InChI=1S/C21H21N3O2S/c1-14-11-20(23-18-10-5-4-9-17(14)18)27-13-19(25)22-16-8-6-7-15(12-16)21(26)24(2)3/h4-12H,13H2,1-3H3,(H,22,25). The van der Waals surface area contributed by atoms with Crippen LogP contribution in [0.4, 0.5) is 5.69 Å². The molecule has 0 saturated carbocycles. The Morgan fingerprint density at radius 3 is 2.63 bits per heavy atom. The number of nitrogens with zero attached hydrogens (tertiary/aromatic N) is 2. The normalized spacial score (nSPS) is 10.6. The van der Waals surface area contributed by atoms with Crippen LogP contribution in [0.25, 0.3) is 10.9 Å². The molecule has 0 unspecified atom stereocenters. The van der Waals surface area contributed by atoms with E-state index in [4.69, 9.17) is 0 Å². The fourth-order valence-electron chi connectivity index (χ4n) is 2.72. The number of para-hydroxylation sites is 1. The van der Waals surface area contributed by atoms with Crippen molar-refractivity contribution < 1.29 is 9.59 Å². The highest BCUT2D eigenvalue weighted by atomic mass is 32.2. The van der Waals surface area contributed by atoms with Crippen molar-refractivity contribution >= 4 is 40.2 Å². The van der Waals surface area contributed by atoms with Crippen molar-refractivity contribution in [3.63, 3.8) is 0 Å². The van der Waals surface area contributed by atoms with E-state index < -0.39 is 0 Å². The zero-order valence-corrected chi connectivity index (χ0v) is 16.3. The summed E-state index contributed by atoms with van der Waals surface area (Å²) in [6, 6.07) is 16.9. The van der Waals surface area contributed by atoms with E-state index in [1.165, 1.54) is 16.7 Å². The minimum Gasteiger partial charge on any atom is -0.345 e. The first-order valence-electron chi connectivity index (χ1n) is 8.55. The van der Waals surface area contributed by atoms with E-state index in [-0.39, 0.29) is 17.6 Å². The van der Waals surface area contributed by atoms with E-state index in [1.807, 2.05) is 37.3 Å². The Balaban J connectivity index is 1.65. The summed E-state index contributed by atoms with van der Waals surface area (Å²) in [5, 5.41) is 4.78. The van der Waals surface area contributed by atoms with Gasteiger partial charge >= 0.3 is 0 Å². The number of carbonyl (C=O) groups excluding carboxylic acids is 2. The summed E-state index contributed by atoms with van der Waals surface area (Å²) in [4.78, 5) is 30.4. The minimum absolute atomic E-state index is 0.101. The molecule has 0 spiro atoms. The van der Waals surface area contributed by atoms with Crippen LogP contribution in [-0.4, -0.2) is 41.5 Å². The third-order valence-corrected chi connectivity index (χ3v) is 4.96. The van der Waals surface area contributed by atoms with Gasteiger partial charge in [-0.15, -0.1) is 0 Å². The highest BCUT2D eigenvalue weighted by Crippen LogP contribution is 2.23. The monoisotopic (exact) mass is 379 g/mol. The molecule has 0 saturated heterocycles. The number of hydrogen-bond acceptors (Lipinski definition) is 4. The minimum atomic E-state index is -0.137. The van der Waals surface area contributed by atoms with Crippen molar-refractivity contribution in [3.8, 4) is 0 Å². The highest BCUT2D eigenvalue weighted by molar-refractivity contribution is 7.99. The molecular formula is C21H21N3O2S. The Kier molecular flexibility index (Phi) is 5.76. The summed E-state index contributed by atoms with van der Waals surface area (Å²) in [6.45, 7) is 2.04. The lowest BCUT2D eigenvalue weighted by Crippen LogP contribution is -2.22. The largest absolute Gasteiger partial charge is 0.345 e. The summed E-state index contributed by atoms with van der Waals surface area (Å²) in [5.74, 6) is 0.00905. The molecule has 0 fully saturated rings. The molecule has 3 rings (SSSR count). The predicted octanol–water partition coefficient (Wildman–Crippen LogP) is 3.98. The van der Waals surface area contributed by atoms with Crippen LogP contribution in [0.5, 0.6) is 0 Å². The molecule has 0 aliphatic heterocycles. The Bertz CT molecular complexity index is 1000. The van der Waals surface area contributed by atoms with Crippen LogP contribution in [0.3, 0.4) is 0 Å². The van der Waals surface area contributed by atoms with Crippen LogP contribution in [-0.2, 0) is 4.79 Å². The second-order valence-electron chi connectivity index (χ2n) is 6.41. The summed E-state index contributed by atoms with van der Waals surface area (Å²) in [6.07, 6.45) is 0. The number of pyridine rings is 1. The van der Waals surface area contributed by atoms with Gasteiger partial charge in [0.15, 0.2) is 0 Å². The van der Waals surface area contributed by atoms with Crippen LogP contribution < -0.4 is 5.32 Å². The number of nitrogens with one attached hydrogen (secondary N) is 1.